The first-order chi connectivity index (χ1) is 20.3. The highest BCUT2D eigenvalue weighted by molar-refractivity contribution is 6.97. The molecule has 0 N–H and O–H groups in total. The zero-order valence-electron chi connectivity index (χ0n) is 29.1. The van der Waals surface area contributed by atoms with Gasteiger partial charge in [0.2, 0.25) is 33.3 Å². The fraction of sp³-hybridized carbons (Fsp3) is 0.368. The maximum atomic E-state index is 7.18. The molecule has 7 aliphatic heterocycles. The van der Waals surface area contributed by atoms with E-state index in [0.717, 1.165) is 0 Å². The summed E-state index contributed by atoms with van der Waals surface area (Å²) in [6.07, 6.45) is 0. The molecule has 0 saturated heterocycles. The predicted molar refractivity (Wildman–Crippen MR) is 201 cm³/mol. The van der Waals surface area contributed by atoms with Crippen molar-refractivity contribution in [3.63, 3.8) is 0 Å². The fourth-order valence-electron chi connectivity index (χ4n) is 7.00. The van der Waals surface area contributed by atoms with Crippen LogP contribution in [0.15, 0.2) is 97.1 Å². The molecule has 0 unspecified atom stereocenters. The lowest BCUT2D eigenvalue weighted by Crippen LogP contribution is -2.57. The molecule has 6 heteroatoms. The van der Waals surface area contributed by atoms with Crippen molar-refractivity contribution in [3.8, 4) is 0 Å². The van der Waals surface area contributed by atoms with Gasteiger partial charge in [0.25, 0.3) is 0 Å². The number of benzene rings is 4. The second-order valence-corrected chi connectivity index (χ2v) is 31.8. The van der Waals surface area contributed by atoms with Crippen LogP contribution in [-0.4, -0.2) is 33.3 Å². The van der Waals surface area contributed by atoms with E-state index in [9.17, 15) is 0 Å². The molecule has 0 aromatic heterocycles. The minimum absolute atomic E-state index is 0.108. The van der Waals surface area contributed by atoms with E-state index in [1.165, 1.54) is 43.0 Å². The van der Waals surface area contributed by atoms with Crippen LogP contribution in [0, 0.1) is 0 Å². The smallest absolute Gasteiger partial charge is 0.206 e. The van der Waals surface area contributed by atoms with Gasteiger partial charge in [-0.15, -0.1) is 0 Å². The van der Waals surface area contributed by atoms with E-state index in [1.807, 2.05) is 0 Å². The molecule has 4 aromatic rings. The van der Waals surface area contributed by atoms with Crippen molar-refractivity contribution in [1.82, 2.24) is 0 Å². The van der Waals surface area contributed by atoms with Crippen LogP contribution in [0.4, 0.5) is 0 Å². The van der Waals surface area contributed by atoms with Crippen molar-refractivity contribution in [2.24, 2.45) is 0 Å². The number of rotatable bonds is 0. The zero-order valence-corrected chi connectivity index (χ0v) is 33.1. The molecule has 7 heterocycles. The van der Waals surface area contributed by atoms with Gasteiger partial charge in [0, 0.05) is 10.8 Å². The highest BCUT2D eigenvalue weighted by atomic mass is 28.4. The van der Waals surface area contributed by atoms with Gasteiger partial charge in [-0.05, 0) is 95.4 Å². The third-order valence-electron chi connectivity index (χ3n) is 10.2. The van der Waals surface area contributed by atoms with Crippen molar-refractivity contribution in [3.05, 3.63) is 119 Å². The highest BCUT2D eigenvalue weighted by Gasteiger charge is 2.38. The van der Waals surface area contributed by atoms with E-state index in [1.54, 1.807) is 0 Å². The first-order valence-electron chi connectivity index (χ1n) is 16.1. The lowest BCUT2D eigenvalue weighted by atomic mass is 9.78. The molecule has 0 fully saturated rings. The molecule has 0 atom stereocenters. The quantitative estimate of drug-likeness (QED) is 0.181. The van der Waals surface area contributed by atoms with E-state index in [-0.39, 0.29) is 10.8 Å². The number of hydrogen-bond acceptors (Lipinski definition) is 2. The molecule has 4 aromatic carbocycles. The first-order valence-corrected chi connectivity index (χ1v) is 27.7. The summed E-state index contributed by atoms with van der Waals surface area (Å²) in [5.74, 6) is 0. The largest absolute Gasteiger partial charge is 0.449 e. The minimum Gasteiger partial charge on any atom is -0.449 e. The van der Waals surface area contributed by atoms with Crippen LogP contribution in [0.3, 0.4) is 0 Å². The van der Waals surface area contributed by atoms with Crippen LogP contribution in [0.25, 0.3) is 0 Å². The summed E-state index contributed by atoms with van der Waals surface area (Å²) >= 11 is 0. The van der Waals surface area contributed by atoms with Crippen molar-refractivity contribution in [2.75, 3.05) is 0 Å². The Labute approximate surface area is 271 Å². The molecular formula is C38H52O2Si4. The summed E-state index contributed by atoms with van der Waals surface area (Å²) in [5, 5.41) is 5.39. The maximum Gasteiger partial charge on any atom is 0.206 e. The van der Waals surface area contributed by atoms with Gasteiger partial charge in [0.05, 0.1) is 0 Å². The molecule has 8 bridgehead atoms. The Morgan fingerprint density at radius 1 is 0.318 bits per heavy atom. The van der Waals surface area contributed by atoms with Gasteiger partial charge in [-0.3, -0.25) is 0 Å². The summed E-state index contributed by atoms with van der Waals surface area (Å²) in [6, 6.07) is 37.2. The van der Waals surface area contributed by atoms with Gasteiger partial charge in [0.1, 0.15) is 0 Å². The van der Waals surface area contributed by atoms with Crippen LogP contribution in [0.2, 0.25) is 52.4 Å². The molecule has 0 radical (unpaired) electrons. The van der Waals surface area contributed by atoms with Crippen LogP contribution >= 0.6 is 0 Å². The lowest BCUT2D eigenvalue weighted by Gasteiger charge is -2.36. The van der Waals surface area contributed by atoms with Gasteiger partial charge in [0.15, 0.2) is 0 Å². The average Bonchev–Trinajstić information content (AvgIpc) is 2.96. The third-order valence-corrected chi connectivity index (χ3v) is 25.3. The molecule has 7 aliphatic rings. The second-order valence-electron chi connectivity index (χ2n) is 15.8. The van der Waals surface area contributed by atoms with E-state index >= 15 is 0 Å². The Bertz CT molecular complexity index is 1370. The zero-order chi connectivity index (χ0) is 32.3. The monoisotopic (exact) mass is 652 g/mol. The molecule has 44 heavy (non-hydrogen) atoms. The average molecular weight is 653 g/mol. The van der Waals surface area contributed by atoms with E-state index in [4.69, 9.17) is 8.23 Å². The van der Waals surface area contributed by atoms with Gasteiger partial charge < -0.3 is 8.23 Å². The summed E-state index contributed by atoms with van der Waals surface area (Å²) in [7, 11) is -8.58. The minimum atomic E-state index is -2.15. The Balaban J connectivity index is 1.62. The summed E-state index contributed by atoms with van der Waals surface area (Å²) in [6.45, 7) is 28.1. The van der Waals surface area contributed by atoms with E-state index in [2.05, 4.69) is 177 Å². The van der Waals surface area contributed by atoms with Gasteiger partial charge in [-0.1, -0.05) is 125 Å². The van der Waals surface area contributed by atoms with E-state index < -0.39 is 33.3 Å². The SMILES string of the molecule is CC1(C)c2ccc(cc2)[Si](C)(C)O[Si](C)(C)c2ccc(cc2)C(C)(C)c2ccc(cc2)[Si](C)(C)O[Si](C)(C)c2ccc1cc2. The molecule has 232 valence electrons. The second kappa shape index (κ2) is 11.2. The Kier molecular flexibility index (Phi) is 8.39. The molecule has 2 nitrogen and oxygen atoms in total. The standard InChI is InChI=1S/C38H52O2Si4/c1-37(2)29-13-21-33(22-14-29)41(5,6)39-43(9,10)35-25-17-31(18-26-35)38(3,4)32-19-27-36(28-20-32)44(11,12)40-42(7,8)34-23-15-30(37)16-24-34/h13-28H,1-12H3. The molecule has 0 saturated carbocycles. The van der Waals surface area contributed by atoms with Crippen LogP contribution in [0.1, 0.15) is 49.9 Å². The topological polar surface area (TPSA) is 18.5 Å². The third kappa shape index (κ3) is 6.22. The fourth-order valence-corrected chi connectivity index (χ4v) is 23.0. The molecule has 0 spiro atoms. The van der Waals surface area contributed by atoms with Gasteiger partial charge in [-0.25, -0.2) is 0 Å². The summed E-state index contributed by atoms with van der Waals surface area (Å²) in [5.41, 5.74) is 5.09. The van der Waals surface area contributed by atoms with Crippen LogP contribution in [0.5, 0.6) is 0 Å². The van der Waals surface area contributed by atoms with E-state index in [0.29, 0.717) is 0 Å². The molecule has 11 rings (SSSR count). The molecule has 0 amide bonds. The normalized spacial score (nSPS) is 21.2. The van der Waals surface area contributed by atoms with Crippen molar-refractivity contribution < 1.29 is 8.23 Å². The summed E-state index contributed by atoms with van der Waals surface area (Å²) in [4.78, 5) is 0. The number of hydrogen-bond donors (Lipinski definition) is 0. The van der Waals surface area contributed by atoms with Gasteiger partial charge >= 0.3 is 0 Å². The molecule has 0 aliphatic carbocycles. The Morgan fingerprint density at radius 3 is 0.636 bits per heavy atom. The maximum absolute atomic E-state index is 7.18. The Hall–Kier alpha value is -2.33. The van der Waals surface area contributed by atoms with Crippen molar-refractivity contribution >= 4 is 54.0 Å². The van der Waals surface area contributed by atoms with Crippen LogP contribution in [-0.2, 0) is 19.1 Å². The highest BCUT2D eigenvalue weighted by Crippen LogP contribution is 2.33. The van der Waals surface area contributed by atoms with Crippen molar-refractivity contribution in [2.45, 2.75) is 90.9 Å². The van der Waals surface area contributed by atoms with Crippen molar-refractivity contribution in [1.29, 1.82) is 0 Å². The lowest BCUT2D eigenvalue weighted by molar-refractivity contribution is 0.572. The Morgan fingerprint density at radius 2 is 0.477 bits per heavy atom. The van der Waals surface area contributed by atoms with Gasteiger partial charge in [-0.2, -0.15) is 0 Å². The van der Waals surface area contributed by atoms with Crippen LogP contribution < -0.4 is 20.7 Å². The predicted octanol–water partition coefficient (Wildman–Crippen LogP) is 7.73. The summed E-state index contributed by atoms with van der Waals surface area (Å²) < 4.78 is 14.4. The first kappa shape index (κ1) is 33.0. The molecular weight excluding hydrogens is 601 g/mol.